The minimum atomic E-state index is -3.52. The molecule has 0 unspecified atom stereocenters. The van der Waals surface area contributed by atoms with Crippen LogP contribution in [0.25, 0.3) is 5.69 Å². The second kappa shape index (κ2) is 10.8. The predicted molar refractivity (Wildman–Crippen MR) is 149 cm³/mol. The van der Waals surface area contributed by atoms with Crippen LogP contribution in [0.2, 0.25) is 0 Å². The van der Waals surface area contributed by atoms with Gasteiger partial charge in [0, 0.05) is 28.2 Å². The number of hydrazone groups is 1. The number of aromatic nitrogens is 1. The molecule has 1 amide bonds. The fourth-order valence-corrected chi connectivity index (χ4v) is 5.14. The number of hydrogen-bond acceptors (Lipinski definition) is 4. The number of sulfonamides is 1. The Morgan fingerprint density at radius 3 is 2.24 bits per heavy atom. The number of carbonyl (C=O) groups is 1. The zero-order valence-electron chi connectivity index (χ0n) is 21.3. The highest BCUT2D eigenvalue weighted by atomic mass is 32.2. The molecule has 0 aliphatic heterocycles. The van der Waals surface area contributed by atoms with E-state index in [1.807, 2.05) is 62.4 Å². The van der Waals surface area contributed by atoms with Crippen molar-refractivity contribution in [2.24, 2.45) is 5.10 Å². The lowest BCUT2D eigenvalue weighted by atomic mass is 10.2. The number of aryl methyl sites for hydroxylation is 2. The summed E-state index contributed by atoms with van der Waals surface area (Å²) in [6.07, 6.45) is 2.80. The average Bonchev–Trinajstić information content (AvgIpc) is 3.15. The van der Waals surface area contributed by atoms with E-state index >= 15 is 0 Å². The van der Waals surface area contributed by atoms with Crippen LogP contribution in [0.5, 0.6) is 0 Å². The SMILES string of the molecule is Cc1ccccc1-n1c(C)cc(/C=N/NC(=O)c2ccc(N(Cc3ccccc3)S(C)(=O)=O)cc2)c1C. The van der Waals surface area contributed by atoms with Gasteiger partial charge in [0.2, 0.25) is 10.0 Å². The Bertz CT molecular complexity index is 1540. The van der Waals surface area contributed by atoms with Crippen molar-refractivity contribution in [3.05, 3.63) is 119 Å². The van der Waals surface area contributed by atoms with Crippen molar-refractivity contribution >= 4 is 27.8 Å². The molecule has 4 rings (SSSR count). The number of hydrogen-bond donors (Lipinski definition) is 1. The number of benzene rings is 3. The molecule has 0 bridgehead atoms. The number of rotatable bonds is 8. The van der Waals surface area contributed by atoms with Crippen LogP contribution in [0, 0.1) is 20.8 Å². The molecule has 1 aromatic heterocycles. The standard InChI is InChI=1S/C29H30N4O3S/c1-21-10-8-9-13-28(21)33-22(2)18-26(23(33)3)19-30-31-29(34)25-14-16-27(17-15-25)32(37(4,35)36)20-24-11-6-5-7-12-24/h5-19H,20H2,1-4H3,(H,31,34)/b30-19+. The lowest BCUT2D eigenvalue weighted by Gasteiger charge is -2.22. The monoisotopic (exact) mass is 514 g/mol. The maximum Gasteiger partial charge on any atom is 0.271 e. The predicted octanol–water partition coefficient (Wildman–Crippen LogP) is 5.13. The average molecular weight is 515 g/mol. The number of nitrogens with one attached hydrogen (secondary N) is 1. The van der Waals surface area contributed by atoms with Crippen molar-refractivity contribution in [3.8, 4) is 5.69 Å². The summed E-state index contributed by atoms with van der Waals surface area (Å²) in [5.41, 5.74) is 9.56. The molecule has 1 heterocycles. The minimum absolute atomic E-state index is 0.205. The smallest absolute Gasteiger partial charge is 0.271 e. The molecule has 0 fully saturated rings. The third-order valence-corrected chi connectivity index (χ3v) is 7.32. The van der Waals surface area contributed by atoms with E-state index in [-0.39, 0.29) is 12.5 Å². The first-order valence-electron chi connectivity index (χ1n) is 11.8. The van der Waals surface area contributed by atoms with E-state index in [4.69, 9.17) is 0 Å². The van der Waals surface area contributed by atoms with Crippen LogP contribution in [0.4, 0.5) is 5.69 Å². The van der Waals surface area contributed by atoms with Gasteiger partial charge in [-0.2, -0.15) is 5.10 Å². The summed E-state index contributed by atoms with van der Waals surface area (Å²) < 4.78 is 28.3. The summed E-state index contributed by atoms with van der Waals surface area (Å²) in [4.78, 5) is 12.7. The van der Waals surface area contributed by atoms with E-state index in [0.29, 0.717) is 11.3 Å². The van der Waals surface area contributed by atoms with Crippen molar-refractivity contribution < 1.29 is 13.2 Å². The lowest BCUT2D eigenvalue weighted by Crippen LogP contribution is -2.29. The van der Waals surface area contributed by atoms with Gasteiger partial charge in [-0.25, -0.2) is 13.8 Å². The third-order valence-electron chi connectivity index (χ3n) is 6.18. The number of anilines is 1. The van der Waals surface area contributed by atoms with Crippen molar-refractivity contribution in [1.82, 2.24) is 9.99 Å². The van der Waals surface area contributed by atoms with E-state index in [0.717, 1.165) is 28.2 Å². The van der Waals surface area contributed by atoms with Crippen LogP contribution in [0.3, 0.4) is 0 Å². The Kier molecular flexibility index (Phi) is 7.59. The van der Waals surface area contributed by atoms with Crippen LogP contribution in [-0.2, 0) is 16.6 Å². The molecule has 4 aromatic rings. The summed E-state index contributed by atoms with van der Waals surface area (Å²) in [7, 11) is -3.52. The van der Waals surface area contributed by atoms with Gasteiger partial charge in [0.25, 0.3) is 5.91 Å². The Balaban J connectivity index is 1.47. The van der Waals surface area contributed by atoms with Gasteiger partial charge >= 0.3 is 0 Å². The molecule has 0 saturated carbocycles. The largest absolute Gasteiger partial charge is 0.318 e. The lowest BCUT2D eigenvalue weighted by molar-refractivity contribution is 0.0955. The van der Waals surface area contributed by atoms with Crippen LogP contribution < -0.4 is 9.73 Å². The second-order valence-corrected chi connectivity index (χ2v) is 10.9. The first kappa shape index (κ1) is 25.9. The van der Waals surface area contributed by atoms with E-state index < -0.39 is 10.0 Å². The van der Waals surface area contributed by atoms with Gasteiger partial charge in [0.05, 0.1) is 24.7 Å². The third kappa shape index (κ3) is 5.98. The molecule has 0 aliphatic rings. The maximum atomic E-state index is 12.7. The molecule has 190 valence electrons. The Morgan fingerprint density at radius 2 is 1.59 bits per heavy atom. The molecule has 37 heavy (non-hydrogen) atoms. The van der Waals surface area contributed by atoms with Gasteiger partial charge in [-0.15, -0.1) is 0 Å². The van der Waals surface area contributed by atoms with Crippen molar-refractivity contribution in [1.29, 1.82) is 0 Å². The molecule has 0 atom stereocenters. The van der Waals surface area contributed by atoms with Crippen LogP contribution in [0.1, 0.15) is 38.4 Å². The van der Waals surface area contributed by atoms with Gasteiger partial charge < -0.3 is 4.57 Å². The molecule has 7 nitrogen and oxygen atoms in total. The van der Waals surface area contributed by atoms with Crippen LogP contribution in [0.15, 0.2) is 90.0 Å². The summed E-state index contributed by atoms with van der Waals surface area (Å²) in [6.45, 7) is 6.33. The number of nitrogens with zero attached hydrogens (tertiary/aromatic N) is 3. The fraction of sp³-hybridized carbons (Fsp3) is 0.172. The van der Waals surface area contributed by atoms with Crippen LogP contribution in [-0.4, -0.2) is 31.4 Å². The topological polar surface area (TPSA) is 83.8 Å². The molecule has 1 N–H and O–H groups in total. The van der Waals surface area contributed by atoms with E-state index in [9.17, 15) is 13.2 Å². The van der Waals surface area contributed by atoms with Crippen molar-refractivity contribution in [2.75, 3.05) is 10.6 Å². The van der Waals surface area contributed by atoms with Crippen molar-refractivity contribution in [2.45, 2.75) is 27.3 Å². The summed E-state index contributed by atoms with van der Waals surface area (Å²) in [6, 6.07) is 26.0. The Labute approximate surface area is 218 Å². The van der Waals surface area contributed by atoms with Crippen LogP contribution >= 0.6 is 0 Å². The first-order chi connectivity index (χ1) is 17.6. The van der Waals surface area contributed by atoms with Gasteiger partial charge in [-0.3, -0.25) is 9.10 Å². The van der Waals surface area contributed by atoms with Gasteiger partial charge in [-0.05, 0) is 68.3 Å². The molecule has 8 heteroatoms. The number of para-hydroxylation sites is 1. The molecule has 0 radical (unpaired) electrons. The summed E-state index contributed by atoms with van der Waals surface area (Å²) in [5.74, 6) is -0.385. The number of carbonyl (C=O) groups excluding carboxylic acids is 1. The van der Waals surface area contributed by atoms with Gasteiger partial charge in [-0.1, -0.05) is 48.5 Å². The summed E-state index contributed by atoms with van der Waals surface area (Å²) >= 11 is 0. The van der Waals surface area contributed by atoms with Crippen molar-refractivity contribution in [3.63, 3.8) is 0 Å². The first-order valence-corrected chi connectivity index (χ1v) is 13.7. The molecular weight excluding hydrogens is 484 g/mol. The Hall–Kier alpha value is -4.17. The molecule has 0 spiro atoms. The zero-order chi connectivity index (χ0) is 26.6. The second-order valence-electron chi connectivity index (χ2n) is 8.95. The van der Waals surface area contributed by atoms with E-state index in [2.05, 4.69) is 34.2 Å². The minimum Gasteiger partial charge on any atom is -0.318 e. The highest BCUT2D eigenvalue weighted by Crippen LogP contribution is 2.23. The Morgan fingerprint density at radius 1 is 0.946 bits per heavy atom. The molecular formula is C29H30N4O3S. The molecule has 0 aliphatic carbocycles. The molecule has 3 aromatic carbocycles. The van der Waals surface area contributed by atoms with E-state index in [1.165, 1.54) is 16.1 Å². The fourth-order valence-electron chi connectivity index (χ4n) is 4.26. The quantitative estimate of drug-likeness (QED) is 0.261. The van der Waals surface area contributed by atoms with E-state index in [1.54, 1.807) is 30.5 Å². The highest BCUT2D eigenvalue weighted by molar-refractivity contribution is 7.92. The molecule has 0 saturated heterocycles. The maximum absolute atomic E-state index is 12.7. The highest BCUT2D eigenvalue weighted by Gasteiger charge is 2.18. The summed E-state index contributed by atoms with van der Waals surface area (Å²) in [5, 5.41) is 4.16. The normalized spacial score (nSPS) is 11.6. The van der Waals surface area contributed by atoms with Gasteiger partial charge in [0.15, 0.2) is 0 Å². The van der Waals surface area contributed by atoms with Gasteiger partial charge in [0.1, 0.15) is 0 Å². The number of amides is 1. The zero-order valence-corrected chi connectivity index (χ0v) is 22.2.